The van der Waals surface area contributed by atoms with Gasteiger partial charge in [-0.3, -0.25) is 4.90 Å². The zero-order valence-electron chi connectivity index (χ0n) is 12.3. The second kappa shape index (κ2) is 5.63. The van der Waals surface area contributed by atoms with E-state index in [9.17, 15) is 0 Å². The molecule has 2 atom stereocenters. The molecule has 3 heteroatoms. The van der Waals surface area contributed by atoms with Crippen molar-refractivity contribution in [2.24, 2.45) is 0 Å². The van der Waals surface area contributed by atoms with Gasteiger partial charge in [0, 0.05) is 24.8 Å². The van der Waals surface area contributed by atoms with E-state index in [4.69, 9.17) is 5.26 Å². The first-order chi connectivity index (χ1) is 9.02. The van der Waals surface area contributed by atoms with Crippen LogP contribution in [0, 0.1) is 25.2 Å². The molecule has 2 rings (SSSR count). The molecule has 1 fully saturated rings. The average molecular weight is 257 g/mol. The molecule has 2 unspecified atom stereocenters. The van der Waals surface area contributed by atoms with Crippen LogP contribution in [0.5, 0.6) is 0 Å². The largest absolute Gasteiger partial charge is 0.364 e. The van der Waals surface area contributed by atoms with Gasteiger partial charge in [-0.25, -0.2) is 0 Å². The molecule has 3 nitrogen and oxygen atoms in total. The molecule has 1 aromatic rings. The molecule has 0 aromatic heterocycles. The molecule has 19 heavy (non-hydrogen) atoms. The molecule has 0 N–H and O–H groups in total. The Kier molecular flexibility index (Phi) is 4.11. The van der Waals surface area contributed by atoms with Crippen LogP contribution in [0.1, 0.15) is 24.5 Å². The lowest BCUT2D eigenvalue weighted by atomic mass is 10.0. The first-order valence-corrected chi connectivity index (χ1v) is 6.94. The summed E-state index contributed by atoms with van der Waals surface area (Å²) in [4.78, 5) is 4.78. The second-order valence-electron chi connectivity index (χ2n) is 5.75. The van der Waals surface area contributed by atoms with Gasteiger partial charge in [-0.05, 0) is 45.0 Å². The Balaban J connectivity index is 2.33. The van der Waals surface area contributed by atoms with Crippen molar-refractivity contribution in [3.63, 3.8) is 0 Å². The van der Waals surface area contributed by atoms with Crippen LogP contribution in [0.2, 0.25) is 0 Å². The smallest absolute Gasteiger partial charge is 0.0643 e. The predicted molar refractivity (Wildman–Crippen MR) is 79.4 cm³/mol. The molecule has 102 valence electrons. The van der Waals surface area contributed by atoms with Gasteiger partial charge >= 0.3 is 0 Å². The van der Waals surface area contributed by atoms with E-state index in [2.05, 4.69) is 61.9 Å². The lowest BCUT2D eigenvalue weighted by Gasteiger charge is -2.45. The quantitative estimate of drug-likeness (QED) is 0.816. The van der Waals surface area contributed by atoms with Crippen LogP contribution < -0.4 is 4.90 Å². The fourth-order valence-electron chi connectivity index (χ4n) is 2.79. The van der Waals surface area contributed by atoms with Crippen molar-refractivity contribution in [2.45, 2.75) is 39.3 Å². The normalized spacial score (nSPS) is 24.3. The van der Waals surface area contributed by atoms with Crippen LogP contribution in [0.4, 0.5) is 5.69 Å². The number of aryl methyl sites for hydroxylation is 2. The summed E-state index contributed by atoms with van der Waals surface area (Å²) in [5.41, 5.74) is 3.87. The molecule has 1 saturated heterocycles. The first kappa shape index (κ1) is 13.9. The fraction of sp³-hybridized carbons (Fsp3) is 0.562. The van der Waals surface area contributed by atoms with Crippen molar-refractivity contribution in [1.82, 2.24) is 4.90 Å². The number of likely N-dealkylation sites (N-methyl/N-ethyl adjacent to an activating group) is 1. The van der Waals surface area contributed by atoms with Crippen LogP contribution in [0.25, 0.3) is 0 Å². The lowest BCUT2D eigenvalue weighted by molar-refractivity contribution is 0.200. The first-order valence-electron chi connectivity index (χ1n) is 6.94. The SMILES string of the molecule is Cc1ccc(C)c(N2CC(C)N(C)CC2CC#N)c1. The van der Waals surface area contributed by atoms with Crippen LogP contribution >= 0.6 is 0 Å². The summed E-state index contributed by atoms with van der Waals surface area (Å²) in [6.07, 6.45) is 0.588. The van der Waals surface area contributed by atoms with Gasteiger partial charge in [0.2, 0.25) is 0 Å². The highest BCUT2D eigenvalue weighted by Crippen LogP contribution is 2.28. The number of anilines is 1. The van der Waals surface area contributed by atoms with E-state index in [0.29, 0.717) is 18.5 Å². The topological polar surface area (TPSA) is 30.3 Å². The van der Waals surface area contributed by atoms with E-state index >= 15 is 0 Å². The fourth-order valence-corrected chi connectivity index (χ4v) is 2.79. The third-order valence-corrected chi connectivity index (χ3v) is 4.15. The highest BCUT2D eigenvalue weighted by Gasteiger charge is 2.30. The summed E-state index contributed by atoms with van der Waals surface area (Å²) in [5.74, 6) is 0. The molecule has 1 aromatic carbocycles. The molecule has 1 aliphatic rings. The van der Waals surface area contributed by atoms with Gasteiger partial charge in [0.25, 0.3) is 0 Å². The number of nitrogens with zero attached hydrogens (tertiary/aromatic N) is 3. The van der Waals surface area contributed by atoms with Crippen molar-refractivity contribution >= 4 is 5.69 Å². The second-order valence-corrected chi connectivity index (χ2v) is 5.75. The Labute approximate surface area is 116 Å². The van der Waals surface area contributed by atoms with Crippen LogP contribution in [0.15, 0.2) is 18.2 Å². The molecule has 0 amide bonds. The molecule has 1 aliphatic heterocycles. The summed E-state index contributed by atoms with van der Waals surface area (Å²) in [7, 11) is 2.15. The van der Waals surface area contributed by atoms with Crippen LogP contribution in [0.3, 0.4) is 0 Å². The van der Waals surface area contributed by atoms with Gasteiger partial charge in [-0.15, -0.1) is 0 Å². The average Bonchev–Trinajstić information content (AvgIpc) is 2.37. The third kappa shape index (κ3) is 2.90. The monoisotopic (exact) mass is 257 g/mol. The Hall–Kier alpha value is -1.53. The Morgan fingerprint density at radius 1 is 1.32 bits per heavy atom. The minimum Gasteiger partial charge on any atom is -0.364 e. The summed E-state index contributed by atoms with van der Waals surface area (Å²) in [6.45, 7) is 8.49. The van der Waals surface area contributed by atoms with Crippen LogP contribution in [-0.4, -0.2) is 37.1 Å². The Morgan fingerprint density at radius 3 is 2.74 bits per heavy atom. The molecule has 0 aliphatic carbocycles. The maximum absolute atomic E-state index is 9.06. The van der Waals surface area contributed by atoms with E-state index in [1.54, 1.807) is 0 Å². The van der Waals surface area contributed by atoms with Crippen molar-refractivity contribution in [3.8, 4) is 6.07 Å². The number of rotatable bonds is 2. The van der Waals surface area contributed by atoms with E-state index in [0.717, 1.165) is 13.1 Å². The third-order valence-electron chi connectivity index (χ3n) is 4.15. The number of nitriles is 1. The number of benzene rings is 1. The van der Waals surface area contributed by atoms with E-state index in [-0.39, 0.29) is 0 Å². The van der Waals surface area contributed by atoms with E-state index in [1.807, 2.05) is 0 Å². The summed E-state index contributed by atoms with van der Waals surface area (Å²) in [5, 5.41) is 9.06. The standard InChI is InChI=1S/C16H23N3/c1-12-5-6-13(2)16(9-12)19-10-14(3)18(4)11-15(19)7-8-17/h5-6,9,14-15H,7,10-11H2,1-4H3. The number of hydrogen-bond donors (Lipinski definition) is 0. The lowest BCUT2D eigenvalue weighted by Crippen LogP contribution is -2.56. The van der Waals surface area contributed by atoms with Gasteiger partial charge in [0.15, 0.2) is 0 Å². The highest BCUT2D eigenvalue weighted by molar-refractivity contribution is 5.56. The van der Waals surface area contributed by atoms with Crippen molar-refractivity contribution in [1.29, 1.82) is 5.26 Å². The molecule has 0 radical (unpaired) electrons. The van der Waals surface area contributed by atoms with E-state index in [1.165, 1.54) is 16.8 Å². The minimum atomic E-state index is 0.298. The molecular weight excluding hydrogens is 234 g/mol. The van der Waals surface area contributed by atoms with Gasteiger partial charge in [0.1, 0.15) is 0 Å². The highest BCUT2D eigenvalue weighted by atomic mass is 15.3. The van der Waals surface area contributed by atoms with Gasteiger partial charge in [-0.1, -0.05) is 12.1 Å². The zero-order valence-corrected chi connectivity index (χ0v) is 12.3. The van der Waals surface area contributed by atoms with E-state index < -0.39 is 0 Å². The van der Waals surface area contributed by atoms with Gasteiger partial charge < -0.3 is 4.90 Å². The van der Waals surface area contributed by atoms with Gasteiger partial charge in [0.05, 0.1) is 18.5 Å². The number of piperazine rings is 1. The Bertz CT molecular complexity index is 489. The summed E-state index contributed by atoms with van der Waals surface area (Å²) in [6, 6.07) is 9.74. The van der Waals surface area contributed by atoms with Crippen molar-refractivity contribution < 1.29 is 0 Å². The Morgan fingerprint density at radius 2 is 2.05 bits per heavy atom. The van der Waals surface area contributed by atoms with Crippen molar-refractivity contribution in [2.75, 3.05) is 25.0 Å². The predicted octanol–water partition coefficient (Wildman–Crippen LogP) is 2.73. The maximum atomic E-state index is 9.06. The molecule has 0 bridgehead atoms. The van der Waals surface area contributed by atoms with Crippen molar-refractivity contribution in [3.05, 3.63) is 29.3 Å². The molecule has 0 saturated carbocycles. The molecule has 1 heterocycles. The molecular formula is C16H23N3. The van der Waals surface area contributed by atoms with Crippen LogP contribution in [-0.2, 0) is 0 Å². The van der Waals surface area contributed by atoms with Gasteiger partial charge in [-0.2, -0.15) is 5.26 Å². The summed E-state index contributed by atoms with van der Waals surface area (Å²) < 4.78 is 0. The summed E-state index contributed by atoms with van der Waals surface area (Å²) >= 11 is 0. The molecule has 0 spiro atoms. The zero-order chi connectivity index (χ0) is 14.0. The minimum absolute atomic E-state index is 0.298. The number of hydrogen-bond acceptors (Lipinski definition) is 3. The maximum Gasteiger partial charge on any atom is 0.0643 e.